The number of esters is 1. The van der Waals surface area contributed by atoms with Crippen molar-refractivity contribution in [2.75, 3.05) is 7.11 Å². The molecule has 112 valence electrons. The molecule has 1 aliphatic carbocycles. The molecule has 1 N–H and O–H groups in total. The highest BCUT2D eigenvalue weighted by Gasteiger charge is 2.24. The third kappa shape index (κ3) is 2.89. The monoisotopic (exact) mass is 305 g/mol. The molecule has 0 amide bonds. The highest BCUT2D eigenvalue weighted by Crippen LogP contribution is 2.34. The van der Waals surface area contributed by atoms with Crippen molar-refractivity contribution >= 4 is 17.3 Å². The normalized spacial score (nSPS) is 19.0. The minimum Gasteiger partial charge on any atom is -0.463 e. The van der Waals surface area contributed by atoms with Crippen LogP contribution in [0.25, 0.3) is 0 Å². The van der Waals surface area contributed by atoms with Gasteiger partial charge in [-0.3, -0.25) is 0 Å². The van der Waals surface area contributed by atoms with Gasteiger partial charge in [-0.15, -0.1) is 11.3 Å². The summed E-state index contributed by atoms with van der Waals surface area (Å²) in [5.41, 5.74) is 1.41. The Morgan fingerprint density at radius 3 is 3.14 bits per heavy atom. The number of nitrogens with one attached hydrogen (secondary N) is 1. The van der Waals surface area contributed by atoms with Crippen molar-refractivity contribution in [1.29, 1.82) is 0 Å². The van der Waals surface area contributed by atoms with Gasteiger partial charge in [0.15, 0.2) is 0 Å². The number of furan rings is 1. The second-order valence-corrected chi connectivity index (χ2v) is 6.33. The number of aryl methyl sites for hydroxylation is 1. The van der Waals surface area contributed by atoms with Crippen molar-refractivity contribution < 1.29 is 13.9 Å². The molecule has 0 fully saturated rings. The summed E-state index contributed by atoms with van der Waals surface area (Å²) in [6.45, 7) is 2.06. The van der Waals surface area contributed by atoms with E-state index in [1.54, 1.807) is 6.07 Å². The van der Waals surface area contributed by atoms with Crippen LogP contribution in [0.1, 0.15) is 58.6 Å². The number of hydrogen-bond donors (Lipinski definition) is 1. The number of fused-ring (bicyclic) bond motifs is 1. The molecule has 0 aliphatic heterocycles. The Labute approximate surface area is 128 Å². The summed E-state index contributed by atoms with van der Waals surface area (Å²) in [6, 6.07) is 6.13. The van der Waals surface area contributed by atoms with Gasteiger partial charge in [-0.25, -0.2) is 4.79 Å². The van der Waals surface area contributed by atoms with Crippen molar-refractivity contribution in [2.24, 2.45) is 0 Å². The van der Waals surface area contributed by atoms with E-state index < -0.39 is 5.97 Å². The third-order valence-electron chi connectivity index (χ3n) is 3.94. The van der Waals surface area contributed by atoms with Gasteiger partial charge in [0.05, 0.1) is 13.2 Å². The zero-order valence-electron chi connectivity index (χ0n) is 12.2. The summed E-state index contributed by atoms with van der Waals surface area (Å²) in [5.74, 6) is 0.574. The number of carbonyl (C=O) groups excluding carboxylic acids is 1. The van der Waals surface area contributed by atoms with Gasteiger partial charge in [-0.05, 0) is 55.3 Å². The molecular weight excluding hydrogens is 286 g/mol. The summed E-state index contributed by atoms with van der Waals surface area (Å²) < 4.78 is 10.2. The van der Waals surface area contributed by atoms with Gasteiger partial charge in [0.25, 0.3) is 0 Å². The molecule has 2 aromatic rings. The first kappa shape index (κ1) is 14.4. The molecule has 0 spiro atoms. The predicted molar refractivity (Wildman–Crippen MR) is 81.6 cm³/mol. The van der Waals surface area contributed by atoms with Crippen LogP contribution in [0.5, 0.6) is 0 Å². The molecule has 2 heterocycles. The predicted octanol–water partition coefficient (Wildman–Crippen LogP) is 3.86. The number of hydrogen-bond acceptors (Lipinski definition) is 5. The van der Waals surface area contributed by atoms with Crippen LogP contribution < -0.4 is 5.32 Å². The Morgan fingerprint density at radius 2 is 2.33 bits per heavy atom. The summed E-state index contributed by atoms with van der Waals surface area (Å²) in [4.78, 5) is 12.9. The van der Waals surface area contributed by atoms with Crippen molar-refractivity contribution in [3.8, 4) is 0 Å². The fourth-order valence-electron chi connectivity index (χ4n) is 2.84. The Hall–Kier alpha value is -1.59. The second kappa shape index (κ2) is 6.03. The number of rotatable bonds is 4. The van der Waals surface area contributed by atoms with Gasteiger partial charge < -0.3 is 14.5 Å². The molecule has 0 saturated heterocycles. The molecule has 2 atom stereocenters. The van der Waals surface area contributed by atoms with E-state index in [1.165, 1.54) is 30.4 Å². The lowest BCUT2D eigenvalue weighted by Gasteiger charge is -2.26. The summed E-state index contributed by atoms with van der Waals surface area (Å²) in [6.07, 6.45) is 3.54. The maximum absolute atomic E-state index is 11.4. The SMILES string of the molecule is COC(=O)c1ccc(C(C)NC2CCCc3sccc32)o1. The zero-order valence-corrected chi connectivity index (χ0v) is 13.0. The summed E-state index contributed by atoms with van der Waals surface area (Å²) in [7, 11) is 1.35. The Morgan fingerprint density at radius 1 is 1.48 bits per heavy atom. The molecule has 4 nitrogen and oxygen atoms in total. The van der Waals surface area contributed by atoms with E-state index in [0.717, 1.165) is 12.2 Å². The first-order valence-electron chi connectivity index (χ1n) is 7.19. The van der Waals surface area contributed by atoms with Crippen LogP contribution in [0, 0.1) is 0 Å². The molecule has 5 heteroatoms. The molecule has 0 saturated carbocycles. The lowest BCUT2D eigenvalue weighted by Crippen LogP contribution is -2.26. The number of carbonyl (C=O) groups is 1. The maximum atomic E-state index is 11.4. The van der Waals surface area contributed by atoms with Gasteiger partial charge in [-0.1, -0.05) is 0 Å². The minimum atomic E-state index is -0.439. The summed E-state index contributed by atoms with van der Waals surface area (Å²) in [5, 5.41) is 5.77. The quantitative estimate of drug-likeness (QED) is 0.872. The van der Waals surface area contributed by atoms with Crippen LogP contribution in [0.2, 0.25) is 0 Å². The van der Waals surface area contributed by atoms with Gasteiger partial charge in [-0.2, -0.15) is 0 Å². The van der Waals surface area contributed by atoms with Gasteiger partial charge in [0, 0.05) is 10.9 Å². The molecule has 2 unspecified atom stereocenters. The van der Waals surface area contributed by atoms with Crippen molar-refractivity contribution in [3.63, 3.8) is 0 Å². The van der Waals surface area contributed by atoms with Crippen molar-refractivity contribution in [3.05, 3.63) is 45.5 Å². The van der Waals surface area contributed by atoms with Crippen LogP contribution in [0.15, 0.2) is 28.0 Å². The van der Waals surface area contributed by atoms with Gasteiger partial charge >= 0.3 is 5.97 Å². The number of ether oxygens (including phenoxy) is 1. The first-order valence-corrected chi connectivity index (χ1v) is 8.07. The Bertz CT molecular complexity index is 631. The molecule has 0 radical (unpaired) electrons. The van der Waals surface area contributed by atoms with E-state index in [-0.39, 0.29) is 11.8 Å². The van der Waals surface area contributed by atoms with E-state index in [9.17, 15) is 4.79 Å². The second-order valence-electron chi connectivity index (χ2n) is 5.33. The molecule has 1 aliphatic rings. The van der Waals surface area contributed by atoms with Crippen molar-refractivity contribution in [2.45, 2.75) is 38.3 Å². The zero-order chi connectivity index (χ0) is 14.8. The third-order valence-corrected chi connectivity index (χ3v) is 4.94. The average molecular weight is 305 g/mol. The molecule has 2 aromatic heterocycles. The van der Waals surface area contributed by atoms with Gasteiger partial charge in [0.1, 0.15) is 5.76 Å². The van der Waals surface area contributed by atoms with Crippen LogP contribution >= 0.6 is 11.3 Å². The summed E-state index contributed by atoms with van der Waals surface area (Å²) >= 11 is 1.84. The smallest absolute Gasteiger partial charge is 0.373 e. The fraction of sp³-hybridized carbons (Fsp3) is 0.438. The average Bonchev–Trinajstić information content (AvgIpc) is 3.15. The van der Waals surface area contributed by atoms with Crippen molar-refractivity contribution in [1.82, 2.24) is 5.32 Å². The molecule has 3 rings (SSSR count). The first-order chi connectivity index (χ1) is 10.2. The van der Waals surface area contributed by atoms with E-state index in [2.05, 4.69) is 28.4 Å². The van der Waals surface area contributed by atoms with E-state index >= 15 is 0 Å². The molecule has 0 aromatic carbocycles. The standard InChI is InChI=1S/C16H19NO3S/c1-10(13-6-7-14(20-13)16(18)19-2)17-12-4-3-5-15-11(12)8-9-21-15/h6-10,12,17H,3-5H2,1-2H3. The molecular formula is C16H19NO3S. The largest absolute Gasteiger partial charge is 0.463 e. The maximum Gasteiger partial charge on any atom is 0.373 e. The minimum absolute atomic E-state index is 0.0549. The number of methoxy groups -OCH3 is 1. The van der Waals surface area contributed by atoms with Crippen LogP contribution in [-0.2, 0) is 11.2 Å². The van der Waals surface area contributed by atoms with E-state index in [0.29, 0.717) is 6.04 Å². The van der Waals surface area contributed by atoms with E-state index in [4.69, 9.17) is 4.42 Å². The Balaban J connectivity index is 1.71. The van der Waals surface area contributed by atoms with Gasteiger partial charge in [0.2, 0.25) is 5.76 Å². The molecule has 21 heavy (non-hydrogen) atoms. The van der Waals surface area contributed by atoms with Crippen LogP contribution in [0.3, 0.4) is 0 Å². The Kier molecular flexibility index (Phi) is 4.12. The van der Waals surface area contributed by atoms with Crippen LogP contribution in [0.4, 0.5) is 0 Å². The molecule has 0 bridgehead atoms. The lowest BCUT2D eigenvalue weighted by atomic mass is 9.93. The van der Waals surface area contributed by atoms with E-state index in [1.807, 2.05) is 17.4 Å². The highest BCUT2D eigenvalue weighted by molar-refractivity contribution is 7.10. The number of thiophene rings is 1. The topological polar surface area (TPSA) is 51.5 Å². The highest BCUT2D eigenvalue weighted by atomic mass is 32.1. The lowest BCUT2D eigenvalue weighted by molar-refractivity contribution is 0.0562. The fourth-order valence-corrected chi connectivity index (χ4v) is 3.83. The van der Waals surface area contributed by atoms with Crippen LogP contribution in [-0.4, -0.2) is 13.1 Å².